The highest BCUT2D eigenvalue weighted by atomic mass is 16.5. The molecule has 0 aliphatic rings. The molecule has 0 fully saturated rings. The van der Waals surface area contributed by atoms with Crippen molar-refractivity contribution in [2.45, 2.75) is 26.2 Å². The Bertz CT molecular complexity index is 640. The third-order valence-electron chi connectivity index (χ3n) is 3.39. The minimum atomic E-state index is -0.337. The van der Waals surface area contributed by atoms with Crippen LogP contribution in [0.5, 0.6) is 17.2 Å². The second kappa shape index (κ2) is 9.45. The molecule has 0 spiro atoms. The van der Waals surface area contributed by atoms with E-state index in [1.165, 1.54) is 12.5 Å². The number of aromatic hydroxyl groups is 1. The maximum Gasteiger partial charge on any atom is 0.262 e. The number of carbonyl (C=O) groups excluding carboxylic acids is 1. The molecule has 0 bridgehead atoms. The smallest absolute Gasteiger partial charge is 0.262 e. The Balaban J connectivity index is 1.75. The van der Waals surface area contributed by atoms with Gasteiger partial charge in [-0.3, -0.25) is 4.79 Å². The number of phenols is 1. The Morgan fingerprint density at radius 1 is 1.00 bits per heavy atom. The molecule has 0 aliphatic heterocycles. The molecule has 0 aromatic heterocycles. The molecule has 24 heavy (non-hydrogen) atoms. The van der Waals surface area contributed by atoms with Crippen LogP contribution < -0.4 is 14.8 Å². The fraction of sp³-hybridized carbons (Fsp3) is 0.316. The highest BCUT2D eigenvalue weighted by Gasteiger charge is 2.06. The Morgan fingerprint density at radius 2 is 1.67 bits per heavy atom. The van der Waals surface area contributed by atoms with E-state index in [9.17, 15) is 9.90 Å². The quantitative estimate of drug-likeness (QED) is 0.539. The average molecular weight is 329 g/mol. The SMILES string of the molecule is CCCCCOc1ccc(OCC(=O)Nc2ccccc2O)cc1. The monoisotopic (exact) mass is 329 g/mol. The predicted molar refractivity (Wildman–Crippen MR) is 93.7 cm³/mol. The molecule has 2 rings (SSSR count). The van der Waals surface area contributed by atoms with E-state index in [4.69, 9.17) is 9.47 Å². The number of hydrogen-bond acceptors (Lipinski definition) is 4. The topological polar surface area (TPSA) is 67.8 Å². The molecule has 1 amide bonds. The van der Waals surface area contributed by atoms with Gasteiger partial charge in [0.1, 0.15) is 17.2 Å². The third-order valence-corrected chi connectivity index (χ3v) is 3.39. The lowest BCUT2D eigenvalue weighted by molar-refractivity contribution is -0.118. The van der Waals surface area contributed by atoms with Crippen LogP contribution >= 0.6 is 0 Å². The summed E-state index contributed by atoms with van der Waals surface area (Å²) < 4.78 is 11.0. The Kier molecular flexibility index (Phi) is 6.95. The molecule has 0 saturated heterocycles. The van der Waals surface area contributed by atoms with E-state index in [1.807, 2.05) is 12.1 Å². The molecular weight excluding hydrogens is 306 g/mol. The number of para-hydroxylation sites is 2. The minimum absolute atomic E-state index is 0.0235. The molecular formula is C19H23NO4. The van der Waals surface area contributed by atoms with Gasteiger partial charge in [0.05, 0.1) is 12.3 Å². The third kappa shape index (κ3) is 5.83. The van der Waals surface area contributed by atoms with Gasteiger partial charge in [-0.05, 0) is 42.8 Å². The van der Waals surface area contributed by atoms with E-state index < -0.39 is 0 Å². The standard InChI is InChI=1S/C19H23NO4/c1-2-3-6-13-23-15-9-11-16(12-10-15)24-14-19(22)20-17-7-4-5-8-18(17)21/h4-5,7-12,21H,2-3,6,13-14H2,1H3,(H,20,22). The van der Waals surface area contributed by atoms with Gasteiger partial charge in [-0.1, -0.05) is 31.9 Å². The Morgan fingerprint density at radius 3 is 2.33 bits per heavy atom. The zero-order valence-corrected chi connectivity index (χ0v) is 13.8. The first kappa shape index (κ1) is 17.7. The van der Waals surface area contributed by atoms with Crippen molar-refractivity contribution in [2.24, 2.45) is 0 Å². The average Bonchev–Trinajstić information content (AvgIpc) is 2.60. The molecule has 0 atom stereocenters. The first-order valence-electron chi connectivity index (χ1n) is 8.12. The molecule has 0 heterocycles. The Hall–Kier alpha value is -2.69. The van der Waals surface area contributed by atoms with Crippen molar-refractivity contribution in [3.8, 4) is 17.2 Å². The summed E-state index contributed by atoms with van der Waals surface area (Å²) in [4.78, 5) is 11.8. The van der Waals surface area contributed by atoms with E-state index in [1.54, 1.807) is 30.3 Å². The van der Waals surface area contributed by atoms with Crippen molar-refractivity contribution in [1.29, 1.82) is 0 Å². The first-order chi connectivity index (χ1) is 11.7. The van der Waals surface area contributed by atoms with Crippen LogP contribution in [-0.4, -0.2) is 24.2 Å². The van der Waals surface area contributed by atoms with Crippen molar-refractivity contribution in [1.82, 2.24) is 0 Å². The molecule has 2 aromatic carbocycles. The van der Waals surface area contributed by atoms with Crippen molar-refractivity contribution >= 4 is 11.6 Å². The summed E-state index contributed by atoms with van der Waals surface area (Å²) in [6.45, 7) is 2.73. The predicted octanol–water partition coefficient (Wildman–Crippen LogP) is 3.98. The molecule has 0 saturated carbocycles. The highest BCUT2D eigenvalue weighted by Crippen LogP contribution is 2.21. The van der Waals surface area contributed by atoms with Crippen molar-refractivity contribution < 1.29 is 19.4 Å². The summed E-state index contributed by atoms with van der Waals surface area (Å²) in [7, 11) is 0. The van der Waals surface area contributed by atoms with Crippen LogP contribution in [0.15, 0.2) is 48.5 Å². The van der Waals surface area contributed by atoms with Gasteiger partial charge in [-0.25, -0.2) is 0 Å². The molecule has 128 valence electrons. The second-order valence-corrected chi connectivity index (χ2v) is 5.38. The molecule has 2 aromatic rings. The fourth-order valence-electron chi connectivity index (χ4n) is 2.09. The number of anilines is 1. The van der Waals surface area contributed by atoms with E-state index in [-0.39, 0.29) is 18.3 Å². The zero-order valence-electron chi connectivity index (χ0n) is 13.8. The van der Waals surface area contributed by atoms with Crippen LogP contribution in [0.4, 0.5) is 5.69 Å². The number of ether oxygens (including phenoxy) is 2. The first-order valence-corrected chi connectivity index (χ1v) is 8.12. The van der Waals surface area contributed by atoms with Crippen LogP contribution in [0.1, 0.15) is 26.2 Å². The maximum absolute atomic E-state index is 11.8. The van der Waals surface area contributed by atoms with Gasteiger partial charge in [-0.15, -0.1) is 0 Å². The normalized spacial score (nSPS) is 10.2. The summed E-state index contributed by atoms with van der Waals surface area (Å²) in [6, 6.07) is 13.7. The lowest BCUT2D eigenvalue weighted by Gasteiger charge is -2.10. The lowest BCUT2D eigenvalue weighted by atomic mass is 10.3. The lowest BCUT2D eigenvalue weighted by Crippen LogP contribution is -2.20. The van der Waals surface area contributed by atoms with Crippen LogP contribution in [0.3, 0.4) is 0 Å². The molecule has 0 unspecified atom stereocenters. The van der Waals surface area contributed by atoms with Crippen LogP contribution in [0.25, 0.3) is 0 Å². The van der Waals surface area contributed by atoms with Crippen LogP contribution in [0, 0.1) is 0 Å². The summed E-state index contributed by atoms with van der Waals surface area (Å²) in [5.41, 5.74) is 0.363. The summed E-state index contributed by atoms with van der Waals surface area (Å²) >= 11 is 0. The van der Waals surface area contributed by atoms with E-state index in [2.05, 4.69) is 12.2 Å². The maximum atomic E-state index is 11.8. The van der Waals surface area contributed by atoms with Gasteiger partial charge in [0.25, 0.3) is 5.91 Å². The fourth-order valence-corrected chi connectivity index (χ4v) is 2.09. The molecule has 0 radical (unpaired) electrons. The summed E-state index contributed by atoms with van der Waals surface area (Å²) in [5.74, 6) is 1.06. The van der Waals surface area contributed by atoms with Gasteiger partial charge >= 0.3 is 0 Å². The number of nitrogens with one attached hydrogen (secondary N) is 1. The number of phenolic OH excluding ortho intramolecular Hbond substituents is 1. The van der Waals surface area contributed by atoms with Gasteiger partial charge < -0.3 is 19.9 Å². The zero-order chi connectivity index (χ0) is 17.2. The second-order valence-electron chi connectivity index (χ2n) is 5.38. The largest absolute Gasteiger partial charge is 0.506 e. The Labute approximate surface area is 142 Å². The van der Waals surface area contributed by atoms with Crippen LogP contribution in [0.2, 0.25) is 0 Å². The van der Waals surface area contributed by atoms with E-state index in [0.29, 0.717) is 18.0 Å². The van der Waals surface area contributed by atoms with Crippen molar-refractivity contribution in [3.05, 3.63) is 48.5 Å². The number of unbranched alkanes of at least 4 members (excludes halogenated alkanes) is 2. The number of rotatable bonds is 9. The van der Waals surface area contributed by atoms with Gasteiger partial charge in [0.15, 0.2) is 6.61 Å². The number of benzene rings is 2. The van der Waals surface area contributed by atoms with Gasteiger partial charge in [0.2, 0.25) is 0 Å². The number of amides is 1. The number of hydrogen-bond donors (Lipinski definition) is 2. The van der Waals surface area contributed by atoms with Crippen LogP contribution in [-0.2, 0) is 4.79 Å². The van der Waals surface area contributed by atoms with Gasteiger partial charge in [-0.2, -0.15) is 0 Å². The molecule has 2 N–H and O–H groups in total. The van der Waals surface area contributed by atoms with Crippen molar-refractivity contribution in [2.75, 3.05) is 18.5 Å². The molecule has 5 nitrogen and oxygen atoms in total. The summed E-state index contributed by atoms with van der Waals surface area (Å²) in [5, 5.41) is 12.2. The van der Waals surface area contributed by atoms with Gasteiger partial charge in [0, 0.05) is 0 Å². The highest BCUT2D eigenvalue weighted by molar-refractivity contribution is 5.93. The molecule has 5 heteroatoms. The number of carbonyl (C=O) groups is 1. The van der Waals surface area contributed by atoms with Crippen molar-refractivity contribution in [3.63, 3.8) is 0 Å². The molecule has 0 aliphatic carbocycles. The van der Waals surface area contributed by atoms with E-state index in [0.717, 1.165) is 18.6 Å². The minimum Gasteiger partial charge on any atom is -0.506 e. The summed E-state index contributed by atoms with van der Waals surface area (Å²) in [6.07, 6.45) is 3.37. The van der Waals surface area contributed by atoms with E-state index >= 15 is 0 Å².